The van der Waals surface area contributed by atoms with Crippen molar-refractivity contribution in [2.45, 2.75) is 44.3 Å². The molecule has 1 unspecified atom stereocenters. The minimum atomic E-state index is -0.801. The maximum atomic E-state index is 13.4. The molecule has 156 valence electrons. The molecule has 3 aromatic rings. The summed E-state index contributed by atoms with van der Waals surface area (Å²) in [6.45, 7) is 0.150. The zero-order valence-electron chi connectivity index (χ0n) is 16.2. The summed E-state index contributed by atoms with van der Waals surface area (Å²) in [6, 6.07) is 8.98. The van der Waals surface area contributed by atoms with Crippen molar-refractivity contribution in [3.05, 3.63) is 69.1 Å². The van der Waals surface area contributed by atoms with Gasteiger partial charge < -0.3 is 10.2 Å². The predicted molar refractivity (Wildman–Crippen MR) is 114 cm³/mol. The van der Waals surface area contributed by atoms with Gasteiger partial charge in [-0.05, 0) is 53.5 Å². The zero-order valence-corrected chi connectivity index (χ0v) is 17.8. The van der Waals surface area contributed by atoms with Crippen molar-refractivity contribution in [1.29, 1.82) is 0 Å². The quantitative estimate of drug-likeness (QED) is 0.593. The molecule has 1 atom stereocenters. The molecule has 2 amide bonds. The van der Waals surface area contributed by atoms with E-state index in [4.69, 9.17) is 0 Å². The van der Waals surface area contributed by atoms with Gasteiger partial charge in [-0.15, -0.1) is 16.4 Å². The molecular weight excluding hydrogens is 423 g/mol. The number of hydrogen-bond acceptors (Lipinski definition) is 6. The van der Waals surface area contributed by atoms with Gasteiger partial charge in [0.2, 0.25) is 5.91 Å². The number of nitrogens with zero attached hydrogens (tertiary/aromatic N) is 3. The molecule has 1 aliphatic rings. The fraction of sp³-hybridized carbons (Fsp3) is 0.333. The number of amides is 2. The lowest BCUT2D eigenvalue weighted by atomic mass is 10.1. The number of halogens is 1. The molecule has 1 N–H and O–H groups in total. The van der Waals surface area contributed by atoms with E-state index in [2.05, 4.69) is 14.9 Å². The lowest BCUT2D eigenvalue weighted by molar-refractivity contribution is -0.126. The van der Waals surface area contributed by atoms with Crippen LogP contribution in [-0.4, -0.2) is 32.3 Å². The van der Waals surface area contributed by atoms with Gasteiger partial charge in [0.25, 0.3) is 5.91 Å². The van der Waals surface area contributed by atoms with E-state index in [0.29, 0.717) is 0 Å². The second-order valence-electron chi connectivity index (χ2n) is 7.26. The summed E-state index contributed by atoms with van der Waals surface area (Å²) in [4.78, 5) is 29.0. The summed E-state index contributed by atoms with van der Waals surface area (Å²) in [5.74, 6) is -0.940. The number of carbonyl (C=O) groups excluding carboxylic acids is 2. The van der Waals surface area contributed by atoms with Gasteiger partial charge in [0.15, 0.2) is 5.69 Å². The summed E-state index contributed by atoms with van der Waals surface area (Å²) >= 11 is 2.51. The van der Waals surface area contributed by atoms with Crippen LogP contribution in [0.3, 0.4) is 0 Å². The molecule has 0 radical (unpaired) electrons. The van der Waals surface area contributed by atoms with Crippen LogP contribution in [-0.2, 0) is 11.3 Å². The van der Waals surface area contributed by atoms with Gasteiger partial charge in [0.05, 0.1) is 0 Å². The molecule has 1 fully saturated rings. The fourth-order valence-electron chi connectivity index (χ4n) is 3.69. The molecule has 4 rings (SSSR count). The topological polar surface area (TPSA) is 75.2 Å². The number of rotatable bonds is 7. The molecule has 0 aliphatic heterocycles. The predicted octanol–water partition coefficient (Wildman–Crippen LogP) is 4.18. The Morgan fingerprint density at radius 2 is 1.97 bits per heavy atom. The van der Waals surface area contributed by atoms with E-state index in [0.717, 1.165) is 47.7 Å². The zero-order chi connectivity index (χ0) is 20.9. The Bertz CT molecular complexity index is 971. The van der Waals surface area contributed by atoms with Crippen LogP contribution in [0.4, 0.5) is 4.39 Å². The van der Waals surface area contributed by atoms with E-state index >= 15 is 0 Å². The highest BCUT2D eigenvalue weighted by atomic mass is 32.1. The SMILES string of the molecule is O=C(NC1CCCC1)C(c1cccs1)N(Cc1ccc(F)cc1)C(=O)c1csnn1. The summed E-state index contributed by atoms with van der Waals surface area (Å²) in [7, 11) is 0. The minimum absolute atomic E-state index is 0.128. The van der Waals surface area contributed by atoms with Crippen molar-refractivity contribution in [2.75, 3.05) is 0 Å². The molecule has 0 bridgehead atoms. The number of thiophene rings is 1. The fourth-order valence-corrected chi connectivity index (χ4v) is 4.96. The Morgan fingerprint density at radius 1 is 1.20 bits per heavy atom. The summed E-state index contributed by atoms with van der Waals surface area (Å²) in [6.07, 6.45) is 4.09. The Hall–Kier alpha value is -2.65. The van der Waals surface area contributed by atoms with Gasteiger partial charge in [-0.3, -0.25) is 9.59 Å². The highest BCUT2D eigenvalue weighted by molar-refractivity contribution is 7.10. The first kappa shape index (κ1) is 20.6. The molecule has 0 saturated heterocycles. The van der Waals surface area contributed by atoms with Gasteiger partial charge in [0.1, 0.15) is 11.9 Å². The van der Waals surface area contributed by atoms with E-state index in [1.54, 1.807) is 17.5 Å². The standard InChI is InChI=1S/C21H21FN4O2S2/c22-15-9-7-14(8-10-15)12-26(21(28)17-13-30-25-24-17)19(18-6-3-11-29-18)20(27)23-16-4-1-2-5-16/h3,6-11,13,16,19H,1-2,4-5,12H2,(H,23,27). The van der Waals surface area contributed by atoms with Crippen molar-refractivity contribution >= 4 is 34.7 Å². The summed E-state index contributed by atoms with van der Waals surface area (Å²) < 4.78 is 17.2. The highest BCUT2D eigenvalue weighted by Crippen LogP contribution is 2.30. The minimum Gasteiger partial charge on any atom is -0.351 e. The van der Waals surface area contributed by atoms with Gasteiger partial charge >= 0.3 is 0 Å². The number of nitrogens with one attached hydrogen (secondary N) is 1. The number of aromatic nitrogens is 2. The Kier molecular flexibility index (Phi) is 6.49. The smallest absolute Gasteiger partial charge is 0.276 e. The van der Waals surface area contributed by atoms with Crippen LogP contribution in [0.2, 0.25) is 0 Å². The van der Waals surface area contributed by atoms with Crippen LogP contribution in [0.25, 0.3) is 0 Å². The van der Waals surface area contributed by atoms with E-state index in [-0.39, 0.29) is 35.9 Å². The van der Waals surface area contributed by atoms with Gasteiger partial charge in [0, 0.05) is 22.8 Å². The monoisotopic (exact) mass is 444 g/mol. The lowest BCUT2D eigenvalue weighted by Crippen LogP contribution is -2.45. The Labute approximate surface area is 181 Å². The van der Waals surface area contributed by atoms with Crippen molar-refractivity contribution in [2.24, 2.45) is 0 Å². The molecule has 6 nitrogen and oxygen atoms in total. The van der Waals surface area contributed by atoms with E-state index in [9.17, 15) is 14.0 Å². The third kappa shape index (κ3) is 4.73. The largest absolute Gasteiger partial charge is 0.351 e. The highest BCUT2D eigenvalue weighted by Gasteiger charge is 2.35. The van der Waals surface area contributed by atoms with Crippen LogP contribution in [0, 0.1) is 5.82 Å². The Balaban J connectivity index is 1.68. The van der Waals surface area contributed by atoms with Crippen LogP contribution >= 0.6 is 22.9 Å². The molecule has 1 aromatic carbocycles. The second kappa shape index (κ2) is 9.44. The van der Waals surface area contributed by atoms with Crippen LogP contribution in [0.5, 0.6) is 0 Å². The lowest BCUT2D eigenvalue weighted by Gasteiger charge is -2.31. The maximum absolute atomic E-state index is 13.4. The van der Waals surface area contributed by atoms with Gasteiger partial charge in [-0.25, -0.2) is 4.39 Å². The molecule has 1 aliphatic carbocycles. The molecule has 30 heavy (non-hydrogen) atoms. The third-order valence-electron chi connectivity index (χ3n) is 5.18. The van der Waals surface area contributed by atoms with Crippen LogP contribution in [0.1, 0.15) is 52.7 Å². The molecule has 9 heteroatoms. The van der Waals surface area contributed by atoms with Crippen molar-refractivity contribution in [1.82, 2.24) is 19.8 Å². The van der Waals surface area contributed by atoms with Crippen LogP contribution in [0.15, 0.2) is 47.2 Å². The van der Waals surface area contributed by atoms with Crippen molar-refractivity contribution < 1.29 is 14.0 Å². The summed E-state index contributed by atoms with van der Waals surface area (Å²) in [5.41, 5.74) is 0.917. The van der Waals surface area contributed by atoms with E-state index < -0.39 is 6.04 Å². The first-order valence-electron chi connectivity index (χ1n) is 9.78. The van der Waals surface area contributed by atoms with E-state index in [1.165, 1.54) is 28.4 Å². The van der Waals surface area contributed by atoms with Gasteiger partial charge in [-0.1, -0.05) is 35.5 Å². The van der Waals surface area contributed by atoms with Crippen LogP contribution < -0.4 is 5.32 Å². The molecule has 2 aromatic heterocycles. The maximum Gasteiger partial charge on any atom is 0.276 e. The molecular formula is C21H21FN4O2S2. The number of benzene rings is 1. The van der Waals surface area contributed by atoms with Crippen molar-refractivity contribution in [3.63, 3.8) is 0 Å². The van der Waals surface area contributed by atoms with E-state index in [1.807, 2.05) is 17.5 Å². The van der Waals surface area contributed by atoms with Crippen molar-refractivity contribution in [3.8, 4) is 0 Å². The number of carbonyl (C=O) groups is 2. The molecule has 2 heterocycles. The Morgan fingerprint density at radius 3 is 2.60 bits per heavy atom. The normalized spacial score (nSPS) is 15.1. The second-order valence-corrected chi connectivity index (χ2v) is 8.85. The molecule has 1 saturated carbocycles. The average Bonchev–Trinajstić information content (AvgIpc) is 3.52. The average molecular weight is 445 g/mol. The number of hydrogen-bond donors (Lipinski definition) is 1. The third-order valence-corrected chi connectivity index (χ3v) is 6.61. The summed E-state index contributed by atoms with van der Waals surface area (Å²) in [5, 5.41) is 10.5. The first-order chi connectivity index (χ1) is 14.6. The first-order valence-corrected chi connectivity index (χ1v) is 11.5. The van der Waals surface area contributed by atoms with Gasteiger partial charge in [-0.2, -0.15) is 0 Å². The molecule has 0 spiro atoms.